The molecule has 1 heterocycles. The van der Waals surface area contributed by atoms with E-state index in [1.165, 1.54) is 5.56 Å². The van der Waals surface area contributed by atoms with E-state index < -0.39 is 5.60 Å². The molecule has 118 valence electrons. The highest BCUT2D eigenvalue weighted by Gasteiger charge is 2.24. The third-order valence-electron chi connectivity index (χ3n) is 4.35. The Hall–Kier alpha value is -0.610. The van der Waals surface area contributed by atoms with Crippen molar-refractivity contribution in [1.82, 2.24) is 9.80 Å². The van der Waals surface area contributed by atoms with Crippen LogP contribution in [-0.4, -0.2) is 53.2 Å². The second-order valence-corrected chi connectivity index (χ2v) is 7.04. The predicted molar refractivity (Wildman–Crippen MR) is 88.8 cm³/mol. The summed E-state index contributed by atoms with van der Waals surface area (Å²) in [6.45, 7) is 11.2. The van der Waals surface area contributed by atoms with Crippen LogP contribution >= 0.6 is 11.6 Å². The predicted octanol–water partition coefficient (Wildman–Crippen LogP) is 3.18. The van der Waals surface area contributed by atoms with Crippen molar-refractivity contribution in [2.45, 2.75) is 38.8 Å². The summed E-state index contributed by atoms with van der Waals surface area (Å²) in [5, 5.41) is 10.7. The van der Waals surface area contributed by atoms with Gasteiger partial charge in [-0.15, -0.1) is 0 Å². The van der Waals surface area contributed by atoms with E-state index in [1.807, 2.05) is 26.0 Å². The van der Waals surface area contributed by atoms with Crippen molar-refractivity contribution in [2.75, 3.05) is 32.7 Å². The topological polar surface area (TPSA) is 26.7 Å². The third kappa shape index (κ3) is 4.96. The van der Waals surface area contributed by atoms with Crippen molar-refractivity contribution in [2.24, 2.45) is 0 Å². The van der Waals surface area contributed by atoms with Crippen LogP contribution in [0.5, 0.6) is 0 Å². The van der Waals surface area contributed by atoms with Crippen LogP contribution in [0.2, 0.25) is 5.02 Å². The maximum absolute atomic E-state index is 9.82. The molecule has 0 bridgehead atoms. The SMILES string of the molecule is C[C@@H](c1ccccc1Cl)N1CCN(CCC(C)(C)O)CC1. The van der Waals surface area contributed by atoms with E-state index in [1.54, 1.807) is 0 Å². The van der Waals surface area contributed by atoms with E-state index >= 15 is 0 Å². The molecule has 1 aromatic carbocycles. The van der Waals surface area contributed by atoms with Gasteiger partial charge in [-0.2, -0.15) is 0 Å². The first-order chi connectivity index (χ1) is 9.87. The number of hydrogen-bond donors (Lipinski definition) is 1. The lowest BCUT2D eigenvalue weighted by Crippen LogP contribution is -2.48. The zero-order chi connectivity index (χ0) is 15.5. The summed E-state index contributed by atoms with van der Waals surface area (Å²) in [6, 6.07) is 8.47. The summed E-state index contributed by atoms with van der Waals surface area (Å²) in [4.78, 5) is 4.93. The molecule has 1 fully saturated rings. The Balaban J connectivity index is 1.85. The lowest BCUT2D eigenvalue weighted by atomic mass is 10.0. The fraction of sp³-hybridized carbons (Fsp3) is 0.647. The molecular formula is C17H27ClN2O. The maximum atomic E-state index is 9.82. The van der Waals surface area contributed by atoms with Gasteiger partial charge in [-0.25, -0.2) is 0 Å². The van der Waals surface area contributed by atoms with Gasteiger partial charge >= 0.3 is 0 Å². The van der Waals surface area contributed by atoms with Gasteiger partial charge in [0.25, 0.3) is 0 Å². The molecule has 0 saturated carbocycles. The molecule has 0 unspecified atom stereocenters. The first kappa shape index (κ1) is 16.8. The van der Waals surface area contributed by atoms with Crippen molar-refractivity contribution in [3.8, 4) is 0 Å². The Bertz CT molecular complexity index is 450. The number of rotatable bonds is 5. The zero-order valence-electron chi connectivity index (χ0n) is 13.3. The molecule has 0 radical (unpaired) electrons. The van der Waals surface area contributed by atoms with Crippen molar-refractivity contribution < 1.29 is 5.11 Å². The van der Waals surface area contributed by atoms with Crippen LogP contribution in [0.25, 0.3) is 0 Å². The molecule has 4 heteroatoms. The quantitative estimate of drug-likeness (QED) is 0.905. The Kier molecular flexibility index (Phi) is 5.67. The van der Waals surface area contributed by atoms with Gasteiger partial charge < -0.3 is 10.0 Å². The van der Waals surface area contributed by atoms with Crippen LogP contribution in [0, 0.1) is 0 Å². The second-order valence-electron chi connectivity index (χ2n) is 6.64. The number of piperazine rings is 1. The number of hydrogen-bond acceptors (Lipinski definition) is 3. The number of halogens is 1. The second kappa shape index (κ2) is 7.10. The highest BCUT2D eigenvalue weighted by Crippen LogP contribution is 2.27. The molecule has 1 aliphatic heterocycles. The van der Waals surface area contributed by atoms with Gasteiger partial charge in [-0.3, -0.25) is 4.90 Å². The van der Waals surface area contributed by atoms with Crippen molar-refractivity contribution in [3.05, 3.63) is 34.9 Å². The number of benzene rings is 1. The molecule has 1 atom stereocenters. The minimum absolute atomic E-state index is 0.357. The first-order valence-corrected chi connectivity index (χ1v) is 8.18. The van der Waals surface area contributed by atoms with Gasteiger partial charge in [-0.1, -0.05) is 29.8 Å². The van der Waals surface area contributed by atoms with E-state index in [-0.39, 0.29) is 0 Å². The van der Waals surface area contributed by atoms with E-state index in [0.717, 1.165) is 44.2 Å². The van der Waals surface area contributed by atoms with Gasteiger partial charge in [0, 0.05) is 43.8 Å². The smallest absolute Gasteiger partial charge is 0.0603 e. The van der Waals surface area contributed by atoms with Gasteiger partial charge in [0.15, 0.2) is 0 Å². The molecule has 0 aliphatic carbocycles. The summed E-state index contributed by atoms with van der Waals surface area (Å²) in [5.74, 6) is 0. The van der Waals surface area contributed by atoms with E-state index in [2.05, 4.69) is 28.9 Å². The summed E-state index contributed by atoms with van der Waals surface area (Å²) in [6.07, 6.45) is 0.826. The summed E-state index contributed by atoms with van der Waals surface area (Å²) >= 11 is 6.30. The lowest BCUT2D eigenvalue weighted by Gasteiger charge is -2.39. The Labute approximate surface area is 133 Å². The van der Waals surface area contributed by atoms with Crippen molar-refractivity contribution in [3.63, 3.8) is 0 Å². The summed E-state index contributed by atoms with van der Waals surface area (Å²) < 4.78 is 0. The standard InChI is InChI=1S/C17H27ClN2O/c1-14(15-6-4-5-7-16(15)18)20-12-10-19(11-13-20)9-8-17(2,3)21/h4-7,14,21H,8-13H2,1-3H3/t14-/m0/s1. The van der Waals surface area contributed by atoms with Crippen LogP contribution in [0.3, 0.4) is 0 Å². The van der Waals surface area contributed by atoms with Crippen molar-refractivity contribution in [1.29, 1.82) is 0 Å². The Morgan fingerprint density at radius 1 is 1.19 bits per heavy atom. The van der Waals surface area contributed by atoms with Crippen LogP contribution in [-0.2, 0) is 0 Å². The average molecular weight is 311 g/mol. The highest BCUT2D eigenvalue weighted by molar-refractivity contribution is 6.31. The maximum Gasteiger partial charge on any atom is 0.0603 e. The molecule has 1 aliphatic rings. The molecule has 1 N–H and O–H groups in total. The van der Waals surface area contributed by atoms with Crippen molar-refractivity contribution >= 4 is 11.6 Å². The Morgan fingerprint density at radius 2 is 1.81 bits per heavy atom. The average Bonchev–Trinajstić information content (AvgIpc) is 2.45. The van der Waals surface area contributed by atoms with Crippen LogP contribution < -0.4 is 0 Å². The van der Waals surface area contributed by atoms with Gasteiger partial charge in [0.05, 0.1) is 5.60 Å². The van der Waals surface area contributed by atoms with Gasteiger partial charge in [0.1, 0.15) is 0 Å². The molecule has 21 heavy (non-hydrogen) atoms. The van der Waals surface area contributed by atoms with E-state index in [9.17, 15) is 5.11 Å². The van der Waals surface area contributed by atoms with E-state index in [4.69, 9.17) is 11.6 Å². The fourth-order valence-corrected chi connectivity index (χ4v) is 3.11. The number of aliphatic hydroxyl groups is 1. The highest BCUT2D eigenvalue weighted by atomic mass is 35.5. The lowest BCUT2D eigenvalue weighted by molar-refractivity contribution is 0.0427. The molecule has 1 aromatic rings. The summed E-state index contributed by atoms with van der Waals surface area (Å²) in [7, 11) is 0. The number of nitrogens with zero attached hydrogens (tertiary/aromatic N) is 2. The molecule has 0 amide bonds. The van der Waals surface area contributed by atoms with Crippen LogP contribution in [0.15, 0.2) is 24.3 Å². The largest absolute Gasteiger partial charge is 0.390 e. The van der Waals surface area contributed by atoms with E-state index in [0.29, 0.717) is 6.04 Å². The molecule has 2 rings (SSSR count). The molecule has 1 saturated heterocycles. The molecule has 3 nitrogen and oxygen atoms in total. The fourth-order valence-electron chi connectivity index (χ4n) is 2.82. The van der Waals surface area contributed by atoms with Gasteiger partial charge in [-0.05, 0) is 38.8 Å². The monoisotopic (exact) mass is 310 g/mol. The zero-order valence-corrected chi connectivity index (χ0v) is 14.1. The molecular weight excluding hydrogens is 284 g/mol. The minimum atomic E-state index is -0.567. The minimum Gasteiger partial charge on any atom is -0.390 e. The third-order valence-corrected chi connectivity index (χ3v) is 4.69. The summed E-state index contributed by atoms with van der Waals surface area (Å²) in [5.41, 5.74) is 0.645. The Morgan fingerprint density at radius 3 is 2.38 bits per heavy atom. The first-order valence-electron chi connectivity index (χ1n) is 7.80. The normalized spacial score (nSPS) is 19.7. The molecule has 0 aromatic heterocycles. The van der Waals surface area contributed by atoms with Crippen LogP contribution in [0.4, 0.5) is 0 Å². The van der Waals surface area contributed by atoms with Gasteiger partial charge in [0.2, 0.25) is 0 Å². The van der Waals surface area contributed by atoms with Crippen LogP contribution in [0.1, 0.15) is 38.8 Å². The molecule has 0 spiro atoms.